The van der Waals surface area contributed by atoms with Gasteiger partial charge in [-0.05, 0) is 22.8 Å². The topological polar surface area (TPSA) is 38.7 Å². The van der Waals surface area contributed by atoms with Crippen molar-refractivity contribution < 1.29 is 0 Å². The third-order valence-electron chi connectivity index (χ3n) is 4.59. The van der Waals surface area contributed by atoms with Crippen molar-refractivity contribution in [1.29, 1.82) is 0 Å². The third kappa shape index (κ3) is 1.50. The van der Waals surface area contributed by atoms with Crippen molar-refractivity contribution in [3.05, 3.63) is 59.5 Å². The average Bonchev–Trinajstić information content (AvgIpc) is 2.88. The van der Waals surface area contributed by atoms with Crippen LogP contribution in [0.15, 0.2) is 47.9 Å². The maximum Gasteiger partial charge on any atom is 0.123 e. The summed E-state index contributed by atoms with van der Waals surface area (Å²) in [6.45, 7) is 2.27. The Balaban J connectivity index is 1.87. The lowest BCUT2D eigenvalue weighted by Crippen LogP contribution is -2.05. The fourth-order valence-electron chi connectivity index (χ4n) is 3.62. The Bertz CT molecular complexity index is 920. The molecule has 1 aliphatic carbocycles. The van der Waals surface area contributed by atoms with Crippen LogP contribution in [0.3, 0.4) is 0 Å². The molecule has 3 aromatic rings. The Morgan fingerprint density at radius 1 is 1.00 bits per heavy atom. The molecule has 0 radical (unpaired) electrons. The molecular weight excluding hydrogens is 290 g/mol. The average molecular weight is 303 g/mol. The molecule has 0 amide bonds. The van der Waals surface area contributed by atoms with Gasteiger partial charge < -0.3 is 0 Å². The number of nitrogens with zero attached hydrogens (tertiary/aromatic N) is 3. The van der Waals surface area contributed by atoms with Crippen LogP contribution in [-0.4, -0.2) is 15.0 Å². The molecule has 1 aromatic carbocycles. The zero-order valence-electron chi connectivity index (χ0n) is 12.1. The molecule has 1 atom stereocenters. The van der Waals surface area contributed by atoms with Gasteiger partial charge in [-0.25, -0.2) is 4.98 Å². The van der Waals surface area contributed by atoms with Crippen LogP contribution < -0.4 is 0 Å². The quantitative estimate of drug-likeness (QED) is 0.621. The van der Waals surface area contributed by atoms with E-state index < -0.39 is 0 Å². The van der Waals surface area contributed by atoms with Gasteiger partial charge in [-0.15, -0.1) is 0 Å². The summed E-state index contributed by atoms with van der Waals surface area (Å²) in [5, 5.41) is 1.04. The Labute approximate surface area is 132 Å². The second-order valence-corrected chi connectivity index (χ2v) is 6.69. The van der Waals surface area contributed by atoms with E-state index >= 15 is 0 Å². The van der Waals surface area contributed by atoms with Crippen molar-refractivity contribution in [3.63, 3.8) is 0 Å². The predicted molar refractivity (Wildman–Crippen MR) is 87.8 cm³/mol. The zero-order valence-corrected chi connectivity index (χ0v) is 12.9. The number of fused-ring (bicyclic) bond motifs is 7. The first-order chi connectivity index (χ1) is 10.8. The van der Waals surface area contributed by atoms with E-state index in [0.717, 1.165) is 22.2 Å². The summed E-state index contributed by atoms with van der Waals surface area (Å²) in [5.41, 5.74) is 8.73. The molecule has 3 heterocycles. The summed E-state index contributed by atoms with van der Waals surface area (Å²) in [6, 6.07) is 8.67. The molecule has 1 unspecified atom stereocenters. The largest absolute Gasteiger partial charge is 0.256 e. The van der Waals surface area contributed by atoms with Crippen molar-refractivity contribution in [2.45, 2.75) is 23.6 Å². The second kappa shape index (κ2) is 4.40. The molecular formula is C18H13N3S. The molecule has 0 saturated carbocycles. The third-order valence-corrected chi connectivity index (χ3v) is 5.62. The standard InChI is InChI=1S/C18H13N3S/c1-10-12-3-2-6-19-16(12)13-5-4-11-9-22-18-17(15(11)14(10)13)20-7-8-21-18/h2-8,10H,9H2,1H3. The van der Waals surface area contributed by atoms with Gasteiger partial charge in [-0.3, -0.25) is 9.97 Å². The van der Waals surface area contributed by atoms with Crippen LogP contribution in [0.2, 0.25) is 0 Å². The van der Waals surface area contributed by atoms with Crippen LogP contribution in [0.1, 0.15) is 29.5 Å². The highest BCUT2D eigenvalue weighted by Gasteiger charge is 2.33. The van der Waals surface area contributed by atoms with Crippen LogP contribution in [0.25, 0.3) is 22.5 Å². The molecule has 1 aliphatic heterocycles. The molecule has 0 saturated heterocycles. The van der Waals surface area contributed by atoms with Crippen LogP contribution >= 0.6 is 11.8 Å². The van der Waals surface area contributed by atoms with Crippen molar-refractivity contribution >= 4 is 11.8 Å². The van der Waals surface area contributed by atoms with Crippen LogP contribution in [0, 0.1) is 0 Å². The molecule has 2 aromatic heterocycles. The van der Waals surface area contributed by atoms with Gasteiger partial charge in [0, 0.05) is 41.4 Å². The highest BCUT2D eigenvalue weighted by molar-refractivity contribution is 7.98. The number of benzene rings is 1. The molecule has 106 valence electrons. The van der Waals surface area contributed by atoms with Crippen LogP contribution in [0.5, 0.6) is 0 Å². The summed E-state index contributed by atoms with van der Waals surface area (Å²) in [7, 11) is 0. The fourth-order valence-corrected chi connectivity index (χ4v) is 4.58. The molecule has 0 bridgehead atoms. The summed E-state index contributed by atoms with van der Waals surface area (Å²) in [5.74, 6) is 1.32. The number of pyridine rings is 1. The number of thioether (sulfide) groups is 1. The first kappa shape index (κ1) is 12.4. The summed E-state index contributed by atoms with van der Waals surface area (Å²) in [4.78, 5) is 13.7. The number of rotatable bonds is 0. The van der Waals surface area contributed by atoms with Gasteiger partial charge in [0.2, 0.25) is 0 Å². The van der Waals surface area contributed by atoms with E-state index in [2.05, 4.69) is 40.1 Å². The normalized spacial score (nSPS) is 17.4. The second-order valence-electron chi connectivity index (χ2n) is 5.72. The number of hydrogen-bond donors (Lipinski definition) is 0. The van der Waals surface area contributed by atoms with E-state index in [1.54, 1.807) is 24.2 Å². The lowest BCUT2D eigenvalue weighted by atomic mass is 9.90. The van der Waals surface area contributed by atoms with Gasteiger partial charge in [0.1, 0.15) is 10.7 Å². The summed E-state index contributed by atoms with van der Waals surface area (Å²) in [6.07, 6.45) is 5.45. The monoisotopic (exact) mass is 303 g/mol. The first-order valence-electron chi connectivity index (χ1n) is 7.40. The van der Waals surface area contributed by atoms with Gasteiger partial charge in [0.05, 0.1) is 5.69 Å². The molecule has 4 heteroatoms. The molecule has 5 rings (SSSR count). The maximum atomic E-state index is 4.63. The smallest absolute Gasteiger partial charge is 0.123 e. The molecule has 3 nitrogen and oxygen atoms in total. The minimum atomic E-state index is 0.353. The molecule has 0 N–H and O–H groups in total. The Morgan fingerprint density at radius 2 is 1.86 bits per heavy atom. The Hall–Kier alpha value is -2.20. The summed E-state index contributed by atoms with van der Waals surface area (Å²) < 4.78 is 0. The van der Waals surface area contributed by atoms with Crippen molar-refractivity contribution in [2.75, 3.05) is 0 Å². The van der Waals surface area contributed by atoms with E-state index in [4.69, 9.17) is 0 Å². The van der Waals surface area contributed by atoms with E-state index in [1.165, 1.54) is 27.8 Å². The maximum absolute atomic E-state index is 4.63. The molecule has 0 spiro atoms. The van der Waals surface area contributed by atoms with Gasteiger partial charge in [0.25, 0.3) is 0 Å². The van der Waals surface area contributed by atoms with E-state index in [0.29, 0.717) is 5.92 Å². The predicted octanol–water partition coefficient (Wildman–Crippen LogP) is 4.28. The molecule has 22 heavy (non-hydrogen) atoms. The Kier molecular flexibility index (Phi) is 2.47. The minimum absolute atomic E-state index is 0.353. The zero-order chi connectivity index (χ0) is 14.7. The Morgan fingerprint density at radius 3 is 2.82 bits per heavy atom. The van der Waals surface area contributed by atoms with Crippen LogP contribution in [-0.2, 0) is 5.75 Å². The van der Waals surface area contributed by atoms with E-state index in [1.807, 2.05) is 12.3 Å². The van der Waals surface area contributed by atoms with Gasteiger partial charge >= 0.3 is 0 Å². The van der Waals surface area contributed by atoms with Crippen LogP contribution in [0.4, 0.5) is 0 Å². The first-order valence-corrected chi connectivity index (χ1v) is 8.38. The van der Waals surface area contributed by atoms with Gasteiger partial charge in [0.15, 0.2) is 0 Å². The minimum Gasteiger partial charge on any atom is -0.256 e. The lowest BCUT2D eigenvalue weighted by molar-refractivity contribution is 0.942. The fraction of sp³-hybridized carbons (Fsp3) is 0.167. The highest BCUT2D eigenvalue weighted by atomic mass is 32.2. The molecule has 0 fully saturated rings. The van der Waals surface area contributed by atoms with Gasteiger partial charge in [-0.1, -0.05) is 36.9 Å². The summed E-state index contributed by atoms with van der Waals surface area (Å²) >= 11 is 1.77. The van der Waals surface area contributed by atoms with Crippen molar-refractivity contribution in [1.82, 2.24) is 15.0 Å². The molecule has 2 aliphatic rings. The van der Waals surface area contributed by atoms with E-state index in [9.17, 15) is 0 Å². The van der Waals surface area contributed by atoms with Gasteiger partial charge in [-0.2, -0.15) is 0 Å². The van der Waals surface area contributed by atoms with Crippen molar-refractivity contribution in [3.8, 4) is 22.5 Å². The van der Waals surface area contributed by atoms with E-state index in [-0.39, 0.29) is 0 Å². The number of aromatic nitrogens is 3. The number of hydrogen-bond acceptors (Lipinski definition) is 4. The van der Waals surface area contributed by atoms with Crippen molar-refractivity contribution in [2.24, 2.45) is 0 Å². The lowest BCUT2D eigenvalue weighted by Gasteiger charge is -2.22. The highest BCUT2D eigenvalue weighted by Crippen LogP contribution is 2.51. The SMILES string of the molecule is CC1c2cccnc2-c2ccc3c(c21)-c1nccnc1SC3.